The van der Waals surface area contributed by atoms with Gasteiger partial charge in [-0.15, -0.1) is 0 Å². The van der Waals surface area contributed by atoms with E-state index in [9.17, 15) is 8.42 Å². The molecule has 76 valence electrons. The molecular formula is C9H17NO2S. The lowest BCUT2D eigenvalue weighted by molar-refractivity contribution is 0.535. The predicted molar refractivity (Wildman–Crippen MR) is 51.9 cm³/mol. The highest BCUT2D eigenvalue weighted by Crippen LogP contribution is 2.43. The fourth-order valence-electron chi connectivity index (χ4n) is 2.28. The Morgan fingerprint density at radius 3 is 2.00 bits per heavy atom. The third-order valence-corrected chi connectivity index (χ3v) is 5.47. The standard InChI is InChI=1S/C9H17NO2S/c1-7(2)13(11,12)10-8-5-3-4-6-9(8)10/h7-9H,3-6H2,1-2H3. The van der Waals surface area contributed by atoms with Gasteiger partial charge in [0.2, 0.25) is 10.0 Å². The van der Waals surface area contributed by atoms with Crippen LogP contribution in [0.3, 0.4) is 0 Å². The highest BCUT2D eigenvalue weighted by atomic mass is 32.2. The molecule has 0 aromatic carbocycles. The molecule has 0 bridgehead atoms. The van der Waals surface area contributed by atoms with Gasteiger partial charge in [-0.05, 0) is 26.7 Å². The first kappa shape index (κ1) is 9.46. The van der Waals surface area contributed by atoms with Gasteiger partial charge in [-0.3, -0.25) is 0 Å². The van der Waals surface area contributed by atoms with Crippen molar-refractivity contribution in [1.29, 1.82) is 0 Å². The van der Waals surface area contributed by atoms with Crippen LogP contribution in [0.4, 0.5) is 0 Å². The molecule has 2 rings (SSSR count). The Bertz CT molecular complexity index is 285. The lowest BCUT2D eigenvalue weighted by atomic mass is 10.0. The number of sulfonamides is 1. The van der Waals surface area contributed by atoms with E-state index in [2.05, 4.69) is 0 Å². The van der Waals surface area contributed by atoms with E-state index in [-0.39, 0.29) is 5.25 Å². The number of rotatable bonds is 2. The molecule has 2 unspecified atom stereocenters. The van der Waals surface area contributed by atoms with Crippen molar-refractivity contribution in [3.8, 4) is 0 Å². The Balaban J connectivity index is 2.12. The summed E-state index contributed by atoms with van der Waals surface area (Å²) in [5, 5.41) is -0.252. The van der Waals surface area contributed by atoms with E-state index in [1.807, 2.05) is 0 Å². The molecule has 13 heavy (non-hydrogen) atoms. The maximum atomic E-state index is 11.8. The molecule has 1 saturated carbocycles. The SMILES string of the molecule is CC(C)S(=O)(=O)N1C2CCCCC21. The molecule has 2 fully saturated rings. The zero-order valence-electron chi connectivity index (χ0n) is 8.23. The van der Waals surface area contributed by atoms with Gasteiger partial charge in [0, 0.05) is 12.1 Å². The number of hydrogen-bond donors (Lipinski definition) is 0. The van der Waals surface area contributed by atoms with Crippen LogP contribution in [-0.2, 0) is 10.0 Å². The second kappa shape index (κ2) is 2.95. The molecular weight excluding hydrogens is 186 g/mol. The predicted octanol–water partition coefficient (Wildman–Crippen LogP) is 1.35. The maximum absolute atomic E-state index is 11.8. The highest BCUT2D eigenvalue weighted by molar-refractivity contribution is 7.90. The van der Waals surface area contributed by atoms with Crippen LogP contribution in [0.2, 0.25) is 0 Å². The molecule has 0 N–H and O–H groups in total. The van der Waals surface area contributed by atoms with Crippen LogP contribution in [-0.4, -0.2) is 30.1 Å². The Morgan fingerprint density at radius 1 is 1.15 bits per heavy atom. The quantitative estimate of drug-likeness (QED) is 0.635. The summed E-state index contributed by atoms with van der Waals surface area (Å²) in [7, 11) is -2.95. The van der Waals surface area contributed by atoms with Crippen molar-refractivity contribution >= 4 is 10.0 Å². The molecule has 3 nitrogen and oxygen atoms in total. The van der Waals surface area contributed by atoms with Gasteiger partial charge in [-0.25, -0.2) is 8.42 Å². The molecule has 0 amide bonds. The minimum absolute atomic E-state index is 0.252. The third-order valence-electron chi connectivity index (χ3n) is 3.15. The smallest absolute Gasteiger partial charge is 0.212 e. The van der Waals surface area contributed by atoms with E-state index < -0.39 is 10.0 Å². The second-order valence-electron chi connectivity index (χ2n) is 4.34. The molecule has 1 aliphatic heterocycles. The van der Waals surface area contributed by atoms with Gasteiger partial charge in [-0.1, -0.05) is 12.8 Å². The number of nitrogens with zero attached hydrogens (tertiary/aromatic N) is 1. The van der Waals surface area contributed by atoms with Gasteiger partial charge in [-0.2, -0.15) is 4.31 Å². The van der Waals surface area contributed by atoms with Crippen LogP contribution in [0.25, 0.3) is 0 Å². The summed E-state index contributed by atoms with van der Waals surface area (Å²) < 4.78 is 25.3. The molecule has 0 spiro atoms. The van der Waals surface area contributed by atoms with Gasteiger partial charge in [0.05, 0.1) is 5.25 Å². The summed E-state index contributed by atoms with van der Waals surface area (Å²) in [6.07, 6.45) is 4.56. The fourth-order valence-corrected chi connectivity index (χ4v) is 3.96. The summed E-state index contributed by atoms with van der Waals surface area (Å²) in [4.78, 5) is 0. The zero-order valence-corrected chi connectivity index (χ0v) is 9.05. The Kier molecular flexibility index (Phi) is 2.15. The Morgan fingerprint density at radius 2 is 1.62 bits per heavy atom. The monoisotopic (exact) mass is 203 g/mol. The molecule has 0 aromatic rings. The lowest BCUT2D eigenvalue weighted by Crippen LogP contribution is -2.24. The summed E-state index contributed by atoms with van der Waals surface area (Å²) in [6, 6.07) is 0.724. The van der Waals surface area contributed by atoms with Crippen molar-refractivity contribution < 1.29 is 8.42 Å². The zero-order chi connectivity index (χ0) is 9.64. The minimum atomic E-state index is -2.95. The van der Waals surface area contributed by atoms with E-state index in [1.165, 1.54) is 12.8 Å². The van der Waals surface area contributed by atoms with Crippen molar-refractivity contribution in [2.24, 2.45) is 0 Å². The second-order valence-corrected chi connectivity index (χ2v) is 6.74. The summed E-state index contributed by atoms with van der Waals surface area (Å²) in [5.74, 6) is 0. The third kappa shape index (κ3) is 1.40. The minimum Gasteiger partial charge on any atom is -0.212 e. The van der Waals surface area contributed by atoms with Gasteiger partial charge < -0.3 is 0 Å². The van der Waals surface area contributed by atoms with Crippen molar-refractivity contribution in [1.82, 2.24) is 4.31 Å². The summed E-state index contributed by atoms with van der Waals surface area (Å²) in [5.41, 5.74) is 0. The highest BCUT2D eigenvalue weighted by Gasteiger charge is 2.55. The molecule has 2 aliphatic rings. The number of fused-ring (bicyclic) bond motifs is 1. The van der Waals surface area contributed by atoms with Gasteiger partial charge in [0.15, 0.2) is 0 Å². The van der Waals surface area contributed by atoms with Crippen LogP contribution in [0, 0.1) is 0 Å². The molecule has 2 atom stereocenters. The van der Waals surface area contributed by atoms with Gasteiger partial charge >= 0.3 is 0 Å². The van der Waals surface area contributed by atoms with E-state index >= 15 is 0 Å². The molecule has 0 aromatic heterocycles. The summed E-state index contributed by atoms with van der Waals surface area (Å²) >= 11 is 0. The Hall–Kier alpha value is -0.0900. The van der Waals surface area contributed by atoms with Crippen molar-refractivity contribution in [2.45, 2.75) is 56.9 Å². The molecule has 0 radical (unpaired) electrons. The largest absolute Gasteiger partial charge is 0.217 e. The first-order chi connectivity index (χ1) is 6.05. The van der Waals surface area contributed by atoms with Crippen molar-refractivity contribution in [3.63, 3.8) is 0 Å². The maximum Gasteiger partial charge on any atom is 0.217 e. The molecule has 1 heterocycles. The summed E-state index contributed by atoms with van der Waals surface area (Å²) in [6.45, 7) is 3.53. The van der Waals surface area contributed by atoms with Crippen molar-refractivity contribution in [3.05, 3.63) is 0 Å². The van der Waals surface area contributed by atoms with Gasteiger partial charge in [0.1, 0.15) is 0 Å². The van der Waals surface area contributed by atoms with Crippen molar-refractivity contribution in [2.75, 3.05) is 0 Å². The first-order valence-electron chi connectivity index (χ1n) is 5.07. The average molecular weight is 203 g/mol. The van der Waals surface area contributed by atoms with E-state index in [1.54, 1.807) is 18.2 Å². The molecule has 1 aliphatic carbocycles. The topological polar surface area (TPSA) is 37.1 Å². The molecule has 1 saturated heterocycles. The van der Waals surface area contributed by atoms with E-state index in [0.717, 1.165) is 12.8 Å². The van der Waals surface area contributed by atoms with Crippen LogP contribution in [0.1, 0.15) is 39.5 Å². The number of hydrogen-bond acceptors (Lipinski definition) is 2. The average Bonchev–Trinajstić information content (AvgIpc) is 2.77. The van der Waals surface area contributed by atoms with Crippen LogP contribution < -0.4 is 0 Å². The Labute approximate surface area is 80.2 Å². The van der Waals surface area contributed by atoms with E-state index in [4.69, 9.17) is 0 Å². The van der Waals surface area contributed by atoms with Crippen LogP contribution in [0.5, 0.6) is 0 Å². The fraction of sp³-hybridized carbons (Fsp3) is 1.00. The van der Waals surface area contributed by atoms with Gasteiger partial charge in [0.25, 0.3) is 0 Å². The molecule has 4 heteroatoms. The lowest BCUT2D eigenvalue weighted by Gasteiger charge is -2.08. The van der Waals surface area contributed by atoms with Crippen LogP contribution in [0.15, 0.2) is 0 Å². The van der Waals surface area contributed by atoms with Crippen LogP contribution >= 0.6 is 0 Å². The first-order valence-corrected chi connectivity index (χ1v) is 6.58. The van der Waals surface area contributed by atoms with E-state index in [0.29, 0.717) is 12.1 Å². The normalized spacial score (nSPS) is 38.8.